The normalized spacial score (nSPS) is 27.6. The molecule has 1 saturated heterocycles. The Labute approximate surface area is 73.4 Å². The molecule has 0 saturated carbocycles. The van der Waals surface area contributed by atoms with E-state index in [1.54, 1.807) is 0 Å². The zero-order valence-electron chi connectivity index (χ0n) is 6.79. The number of halogens is 1. The summed E-state index contributed by atoms with van der Waals surface area (Å²) >= 11 is 0. The van der Waals surface area contributed by atoms with Crippen LogP contribution in [-0.2, 0) is 14.3 Å². The van der Waals surface area contributed by atoms with Gasteiger partial charge in [0.25, 0.3) is 0 Å². The fraction of sp³-hybridized carbons (Fsp3) is 0.714. The molecule has 1 rings (SSSR count). The van der Waals surface area contributed by atoms with Gasteiger partial charge in [0.05, 0.1) is 13.0 Å². The summed E-state index contributed by atoms with van der Waals surface area (Å²) < 4.78 is 21.4. The summed E-state index contributed by atoms with van der Waals surface area (Å²) in [5, 5.41) is 8.45. The van der Waals surface area contributed by atoms with E-state index in [1.807, 2.05) is 0 Å². The number of hydrogen-bond donors (Lipinski definition) is 1. The molecule has 0 aromatic rings. The molecular weight excluding hydrogens is 183 g/mol. The van der Waals surface area contributed by atoms with Gasteiger partial charge in [-0.2, -0.15) is 0 Å². The lowest BCUT2D eigenvalue weighted by atomic mass is 9.97. The van der Waals surface area contributed by atoms with E-state index >= 15 is 0 Å². The Morgan fingerprint density at radius 2 is 2.38 bits per heavy atom. The van der Waals surface area contributed by atoms with Crippen LogP contribution < -0.4 is 0 Å². The molecule has 0 aromatic heterocycles. The Kier molecular flexibility index (Phi) is 2.69. The molecule has 1 fully saturated rings. The number of rotatable bonds is 3. The van der Waals surface area contributed by atoms with Crippen molar-refractivity contribution >= 4 is 12.1 Å². The van der Waals surface area contributed by atoms with E-state index in [2.05, 4.69) is 9.47 Å². The number of carboxylic acids is 1. The summed E-state index contributed by atoms with van der Waals surface area (Å²) in [4.78, 5) is 21.0. The number of carbonyl (C=O) groups excluding carboxylic acids is 1. The van der Waals surface area contributed by atoms with Gasteiger partial charge in [-0.15, -0.1) is 0 Å². The largest absolute Gasteiger partial charge is 0.508 e. The first-order chi connectivity index (χ1) is 6.08. The maximum absolute atomic E-state index is 12.5. The number of carboxylic acid groups (broad SMARTS) is 1. The van der Waals surface area contributed by atoms with Crippen LogP contribution in [0.15, 0.2) is 0 Å². The van der Waals surface area contributed by atoms with E-state index in [4.69, 9.17) is 5.11 Å². The minimum atomic E-state index is -1.53. The second-order valence-electron chi connectivity index (χ2n) is 2.84. The minimum Gasteiger partial charge on any atom is -0.481 e. The van der Waals surface area contributed by atoms with Gasteiger partial charge in [-0.1, -0.05) is 0 Å². The fourth-order valence-corrected chi connectivity index (χ4v) is 1.12. The van der Waals surface area contributed by atoms with Crippen LogP contribution in [0, 0.1) is 0 Å². The first kappa shape index (κ1) is 9.76. The molecule has 0 radical (unpaired) electrons. The number of aliphatic carboxylic acids is 1. The molecule has 1 atom stereocenters. The van der Waals surface area contributed by atoms with Crippen LogP contribution in [0.4, 0.5) is 9.18 Å². The average molecular weight is 192 g/mol. The molecule has 0 aliphatic carbocycles. The van der Waals surface area contributed by atoms with Gasteiger partial charge < -0.3 is 14.6 Å². The third kappa shape index (κ3) is 2.30. The van der Waals surface area contributed by atoms with E-state index in [0.29, 0.717) is 0 Å². The van der Waals surface area contributed by atoms with Crippen molar-refractivity contribution in [2.24, 2.45) is 0 Å². The van der Waals surface area contributed by atoms with Crippen LogP contribution in [0.1, 0.15) is 12.8 Å². The summed E-state index contributed by atoms with van der Waals surface area (Å²) in [5.74, 6) is -1.20. The first-order valence-corrected chi connectivity index (χ1v) is 3.71. The zero-order chi connectivity index (χ0) is 9.90. The lowest BCUT2D eigenvalue weighted by Gasteiger charge is -2.32. The van der Waals surface area contributed by atoms with Crippen molar-refractivity contribution in [3.63, 3.8) is 0 Å². The topological polar surface area (TPSA) is 72.8 Å². The second-order valence-corrected chi connectivity index (χ2v) is 2.84. The highest BCUT2D eigenvalue weighted by atomic mass is 19.1. The Bertz CT molecular complexity index is 225. The predicted molar refractivity (Wildman–Crippen MR) is 38.0 cm³/mol. The second kappa shape index (κ2) is 3.59. The molecule has 74 valence electrons. The lowest BCUT2D eigenvalue weighted by molar-refractivity contribution is -0.149. The molecule has 6 heteroatoms. The summed E-state index contributed by atoms with van der Waals surface area (Å²) in [6.45, 7) is -1.01. The summed E-state index contributed by atoms with van der Waals surface area (Å²) in [7, 11) is 0. The Morgan fingerprint density at radius 1 is 1.69 bits per heavy atom. The predicted octanol–water partition coefficient (Wildman–Crippen LogP) is 0.726. The Balaban J connectivity index is 2.67. The number of carbonyl (C=O) groups is 2. The van der Waals surface area contributed by atoms with Crippen molar-refractivity contribution in [2.45, 2.75) is 18.4 Å². The standard InChI is InChI=1S/C7H9FO5/c8-4-7(3-5(9)10)1-2-12-6(11)13-7/h1-4H2,(H,9,10). The van der Waals surface area contributed by atoms with Crippen LogP contribution in [0.5, 0.6) is 0 Å². The molecule has 5 nitrogen and oxygen atoms in total. The lowest BCUT2D eigenvalue weighted by Crippen LogP contribution is -2.44. The molecule has 13 heavy (non-hydrogen) atoms. The molecule has 1 N–H and O–H groups in total. The highest BCUT2D eigenvalue weighted by Gasteiger charge is 2.41. The molecule has 0 spiro atoms. The first-order valence-electron chi connectivity index (χ1n) is 3.71. The number of hydrogen-bond acceptors (Lipinski definition) is 4. The van der Waals surface area contributed by atoms with Gasteiger partial charge in [-0.3, -0.25) is 4.79 Å². The monoisotopic (exact) mass is 192 g/mol. The Hall–Kier alpha value is -1.33. The summed E-state index contributed by atoms with van der Waals surface area (Å²) in [5.41, 5.74) is -1.53. The van der Waals surface area contributed by atoms with Crippen molar-refractivity contribution in [3.8, 4) is 0 Å². The van der Waals surface area contributed by atoms with Gasteiger partial charge in [0, 0.05) is 6.42 Å². The van der Waals surface area contributed by atoms with Gasteiger partial charge in [0.1, 0.15) is 6.67 Å². The maximum atomic E-state index is 12.5. The molecule has 1 unspecified atom stereocenters. The van der Waals surface area contributed by atoms with Gasteiger partial charge in [-0.25, -0.2) is 9.18 Å². The summed E-state index contributed by atoms with van der Waals surface area (Å²) in [6.07, 6.45) is -1.47. The van der Waals surface area contributed by atoms with Gasteiger partial charge in [0.15, 0.2) is 5.60 Å². The molecule has 0 aromatic carbocycles. The minimum absolute atomic E-state index is 0.00394. The number of alkyl halides is 1. The highest BCUT2D eigenvalue weighted by molar-refractivity contribution is 5.70. The van der Waals surface area contributed by atoms with E-state index in [-0.39, 0.29) is 13.0 Å². The zero-order valence-corrected chi connectivity index (χ0v) is 6.79. The van der Waals surface area contributed by atoms with Crippen LogP contribution in [0.25, 0.3) is 0 Å². The molecule has 1 heterocycles. The van der Waals surface area contributed by atoms with Gasteiger partial charge in [0.2, 0.25) is 0 Å². The molecule has 1 aliphatic rings. The van der Waals surface area contributed by atoms with E-state index in [0.717, 1.165) is 0 Å². The molecule has 0 amide bonds. The third-order valence-corrected chi connectivity index (χ3v) is 1.79. The van der Waals surface area contributed by atoms with Crippen molar-refractivity contribution in [2.75, 3.05) is 13.3 Å². The summed E-state index contributed by atoms with van der Waals surface area (Å²) in [6, 6.07) is 0. The van der Waals surface area contributed by atoms with Crippen LogP contribution in [-0.4, -0.2) is 36.1 Å². The number of ether oxygens (including phenoxy) is 2. The van der Waals surface area contributed by atoms with Crippen molar-refractivity contribution in [1.29, 1.82) is 0 Å². The number of cyclic esters (lactones) is 2. The average Bonchev–Trinajstić information content (AvgIpc) is 2.03. The Morgan fingerprint density at radius 3 is 2.85 bits per heavy atom. The quantitative estimate of drug-likeness (QED) is 0.667. The van der Waals surface area contributed by atoms with E-state index in [1.165, 1.54) is 0 Å². The highest BCUT2D eigenvalue weighted by Crippen LogP contribution is 2.26. The molecular formula is C7H9FO5. The van der Waals surface area contributed by atoms with Crippen molar-refractivity contribution in [1.82, 2.24) is 0 Å². The molecule has 0 bridgehead atoms. The smallest absolute Gasteiger partial charge is 0.481 e. The van der Waals surface area contributed by atoms with Crippen LogP contribution in [0.3, 0.4) is 0 Å². The van der Waals surface area contributed by atoms with Gasteiger partial charge in [-0.05, 0) is 0 Å². The fourth-order valence-electron chi connectivity index (χ4n) is 1.12. The molecule has 1 aliphatic heterocycles. The van der Waals surface area contributed by atoms with Crippen LogP contribution >= 0.6 is 0 Å². The SMILES string of the molecule is O=C(O)CC1(CF)CCOC(=O)O1. The van der Waals surface area contributed by atoms with E-state index < -0.39 is 30.8 Å². The maximum Gasteiger partial charge on any atom is 0.508 e. The van der Waals surface area contributed by atoms with Gasteiger partial charge >= 0.3 is 12.1 Å². The van der Waals surface area contributed by atoms with Crippen molar-refractivity contribution < 1.29 is 28.6 Å². The van der Waals surface area contributed by atoms with Crippen LogP contribution in [0.2, 0.25) is 0 Å². The van der Waals surface area contributed by atoms with Crippen molar-refractivity contribution in [3.05, 3.63) is 0 Å². The third-order valence-electron chi connectivity index (χ3n) is 1.79. The van der Waals surface area contributed by atoms with E-state index in [9.17, 15) is 14.0 Å².